The fourth-order valence-electron chi connectivity index (χ4n) is 0.854. The van der Waals surface area contributed by atoms with Crippen LogP contribution in [0.25, 0.3) is 0 Å². The fourth-order valence-corrected chi connectivity index (χ4v) is 0.854. The fraction of sp³-hybridized carbons (Fsp3) is 1.00. The third-order valence-electron chi connectivity index (χ3n) is 1.31. The summed E-state index contributed by atoms with van der Waals surface area (Å²) in [5.41, 5.74) is 0. The highest BCUT2D eigenvalue weighted by atomic mass is 16.8. The van der Waals surface area contributed by atoms with Crippen LogP contribution in [0.2, 0.25) is 0 Å². The Morgan fingerprint density at radius 2 is 1.44 bits per heavy atom. The van der Waals surface area contributed by atoms with Crippen molar-refractivity contribution in [2.75, 3.05) is 13.2 Å². The van der Waals surface area contributed by atoms with Crippen molar-refractivity contribution in [1.82, 2.24) is 0 Å². The zero-order chi connectivity index (χ0) is 7.11. The van der Waals surface area contributed by atoms with E-state index in [1.54, 1.807) is 0 Å². The van der Waals surface area contributed by atoms with Gasteiger partial charge < -0.3 is 4.47 Å². The molecule has 1 aliphatic heterocycles. The molecule has 0 atom stereocenters. The molecule has 1 fully saturated rings. The van der Waals surface area contributed by atoms with Crippen LogP contribution >= 0.6 is 0 Å². The summed E-state index contributed by atoms with van der Waals surface area (Å²) in [6.45, 7) is 6.03. The largest absolute Gasteiger partial charge is 0.321 e. The van der Waals surface area contributed by atoms with Gasteiger partial charge in [0.05, 0.1) is 0 Å². The normalized spacial score (nSPS) is 20.3. The molecule has 0 aromatic carbocycles. The average Bonchev–Trinajstić information content (AvgIpc) is 1.94. The molecular weight excluding hydrogens is 114 g/mol. The van der Waals surface area contributed by atoms with Gasteiger partial charge in [-0.2, -0.15) is 0 Å². The maximum Gasteiger partial charge on any atom is 0.168 e. The molecule has 1 aliphatic rings. The first kappa shape index (κ1) is 8.92. The maximum atomic E-state index is 5.38. The molecule has 56 valence electrons. The third-order valence-corrected chi connectivity index (χ3v) is 1.31. The number of nitrogens with two attached hydrogens (primary N) is 1. The molecule has 0 saturated carbocycles. The monoisotopic (exact) mass is 132 g/mol. The van der Waals surface area contributed by atoms with Crippen LogP contribution in [0.3, 0.4) is 0 Å². The second-order valence-electron chi connectivity index (χ2n) is 2.01. The molecule has 2 heteroatoms. The summed E-state index contributed by atoms with van der Waals surface area (Å²) in [6, 6.07) is 0. The number of rotatable bonds is 0. The van der Waals surface area contributed by atoms with E-state index in [-0.39, 0.29) is 0 Å². The molecule has 2 N–H and O–H groups in total. The van der Waals surface area contributed by atoms with Crippen molar-refractivity contribution in [2.45, 2.75) is 33.1 Å². The van der Waals surface area contributed by atoms with Crippen molar-refractivity contribution >= 4 is 0 Å². The molecule has 0 spiro atoms. The Morgan fingerprint density at radius 3 is 1.67 bits per heavy atom. The van der Waals surface area contributed by atoms with Gasteiger partial charge in [-0.15, -0.1) is 5.90 Å². The highest BCUT2D eigenvalue weighted by Crippen LogP contribution is 2.06. The number of hydrogen-bond donors (Lipinski definition) is 1. The first-order chi connectivity index (χ1) is 4.39. The van der Waals surface area contributed by atoms with Gasteiger partial charge in [-0.1, -0.05) is 13.8 Å². The zero-order valence-corrected chi connectivity index (χ0v) is 6.52. The molecule has 0 aliphatic carbocycles. The molecule has 0 unspecified atom stereocenters. The zero-order valence-electron chi connectivity index (χ0n) is 6.52. The average molecular weight is 132 g/mol. The smallest absolute Gasteiger partial charge is 0.168 e. The molecule has 9 heavy (non-hydrogen) atoms. The Labute approximate surface area is 57.7 Å². The highest BCUT2D eigenvalue weighted by Gasteiger charge is 2.09. The van der Waals surface area contributed by atoms with E-state index in [0.29, 0.717) is 0 Å². The summed E-state index contributed by atoms with van der Waals surface area (Å²) in [5, 5.41) is 0. The summed E-state index contributed by atoms with van der Waals surface area (Å²) in [7, 11) is 0. The van der Waals surface area contributed by atoms with Crippen LogP contribution in [0.4, 0.5) is 0 Å². The first-order valence-corrected chi connectivity index (χ1v) is 3.81. The summed E-state index contributed by atoms with van der Waals surface area (Å²) >= 11 is 0. The quantitative estimate of drug-likeness (QED) is 0.498. The van der Waals surface area contributed by atoms with Crippen LogP contribution in [0.5, 0.6) is 0 Å². The lowest BCUT2D eigenvalue weighted by Gasteiger charge is -2.15. The van der Waals surface area contributed by atoms with E-state index in [2.05, 4.69) is 4.47 Å². The van der Waals surface area contributed by atoms with Crippen LogP contribution < -0.4 is 5.90 Å². The predicted molar refractivity (Wildman–Crippen MR) is 40.2 cm³/mol. The van der Waals surface area contributed by atoms with Crippen LogP contribution in [0.15, 0.2) is 0 Å². The molecule has 1 heterocycles. The minimum atomic E-state index is 1.01. The Morgan fingerprint density at radius 1 is 1.00 bits per heavy atom. The molecule has 1 saturated heterocycles. The highest BCUT2D eigenvalue weighted by molar-refractivity contribution is 4.48. The van der Waals surface area contributed by atoms with Gasteiger partial charge in [-0.05, 0) is 6.42 Å². The Bertz CT molecular complexity index is 50.9. The molecule has 0 radical (unpaired) electrons. The topological polar surface area (TPSA) is 28.7 Å². The van der Waals surface area contributed by atoms with E-state index in [0.717, 1.165) is 13.2 Å². The van der Waals surface area contributed by atoms with Crippen molar-refractivity contribution in [3.63, 3.8) is 0 Å². The van der Waals surface area contributed by atoms with Crippen molar-refractivity contribution in [3.8, 4) is 0 Å². The second kappa shape index (κ2) is 6.05. The van der Waals surface area contributed by atoms with E-state index in [1.807, 2.05) is 13.8 Å². The second-order valence-corrected chi connectivity index (χ2v) is 2.01. The predicted octanol–water partition coefficient (Wildman–Crippen LogP) is 1.62. The van der Waals surface area contributed by atoms with E-state index < -0.39 is 0 Å². The standard InChI is InChI=1S/C5H12NO.C2H6/c6-7-4-2-1-3-5-7;1-2/h1-6H2;1-2H3/q+1;. The lowest BCUT2D eigenvalue weighted by molar-refractivity contribution is -0.162. The third kappa shape index (κ3) is 4.43. The van der Waals surface area contributed by atoms with Gasteiger partial charge in [0.15, 0.2) is 13.2 Å². The minimum Gasteiger partial charge on any atom is -0.321 e. The van der Waals surface area contributed by atoms with Crippen molar-refractivity contribution < 1.29 is 4.47 Å². The SMILES string of the molecule is CC.N[O+]1CCCCC1. The van der Waals surface area contributed by atoms with Crippen LogP contribution in [0.1, 0.15) is 33.1 Å². The minimum absolute atomic E-state index is 1.01. The molecular formula is C7H18NO+. The Balaban J connectivity index is 0.000000291. The van der Waals surface area contributed by atoms with E-state index in [9.17, 15) is 0 Å². The van der Waals surface area contributed by atoms with Gasteiger partial charge in [0.25, 0.3) is 0 Å². The summed E-state index contributed by atoms with van der Waals surface area (Å²) in [6.07, 6.45) is 3.85. The summed E-state index contributed by atoms with van der Waals surface area (Å²) in [4.78, 5) is 0. The molecule has 0 aromatic rings. The van der Waals surface area contributed by atoms with Gasteiger partial charge >= 0.3 is 0 Å². The van der Waals surface area contributed by atoms with Gasteiger partial charge in [0, 0.05) is 12.8 Å². The van der Waals surface area contributed by atoms with Crippen molar-refractivity contribution in [3.05, 3.63) is 0 Å². The van der Waals surface area contributed by atoms with E-state index in [1.165, 1.54) is 19.3 Å². The lowest BCUT2D eigenvalue weighted by atomic mass is 10.2. The van der Waals surface area contributed by atoms with Crippen molar-refractivity contribution in [1.29, 1.82) is 0 Å². The van der Waals surface area contributed by atoms with Gasteiger partial charge in [0.1, 0.15) is 0 Å². The van der Waals surface area contributed by atoms with Gasteiger partial charge in [0.2, 0.25) is 0 Å². The lowest BCUT2D eigenvalue weighted by Crippen LogP contribution is -2.27. The van der Waals surface area contributed by atoms with Gasteiger partial charge in [-0.3, -0.25) is 0 Å². The molecule has 1 rings (SSSR count). The molecule has 0 amide bonds. The molecule has 0 bridgehead atoms. The Hall–Kier alpha value is -0.0800. The summed E-state index contributed by atoms with van der Waals surface area (Å²) in [5.74, 6) is 5.38. The van der Waals surface area contributed by atoms with Crippen LogP contribution in [-0.2, 0) is 4.47 Å². The Kier molecular flexibility index (Phi) is 5.99. The van der Waals surface area contributed by atoms with Crippen LogP contribution in [0, 0.1) is 0 Å². The summed E-state index contributed by atoms with van der Waals surface area (Å²) < 4.78 is 2.57. The molecule has 2 nitrogen and oxygen atoms in total. The van der Waals surface area contributed by atoms with Crippen molar-refractivity contribution in [2.24, 2.45) is 5.90 Å². The number of hydrogen-bond acceptors (Lipinski definition) is 1. The van der Waals surface area contributed by atoms with E-state index >= 15 is 0 Å². The van der Waals surface area contributed by atoms with Crippen LogP contribution in [-0.4, -0.2) is 13.2 Å². The van der Waals surface area contributed by atoms with Gasteiger partial charge in [-0.25, -0.2) is 0 Å². The van der Waals surface area contributed by atoms with E-state index in [4.69, 9.17) is 5.90 Å². The molecule has 0 aromatic heterocycles. The first-order valence-electron chi connectivity index (χ1n) is 3.81. The maximum absolute atomic E-state index is 5.38.